The highest BCUT2D eigenvalue weighted by Crippen LogP contribution is 2.13. The van der Waals surface area contributed by atoms with Crippen LogP contribution in [0, 0.1) is 0 Å². The molecule has 0 aliphatic carbocycles. The number of hydrogen-bond donors (Lipinski definition) is 4. The van der Waals surface area contributed by atoms with Gasteiger partial charge in [0, 0.05) is 0 Å². The fourth-order valence-corrected chi connectivity index (χ4v) is 1.88. The number of hydrogen-bond acceptors (Lipinski definition) is 10. The van der Waals surface area contributed by atoms with Gasteiger partial charge in [-0.1, -0.05) is 12.1 Å². The molecule has 0 aliphatic heterocycles. The first-order valence-electron chi connectivity index (χ1n) is 7.71. The zero-order valence-electron chi connectivity index (χ0n) is 14.5. The van der Waals surface area contributed by atoms with Crippen LogP contribution in [0.4, 0.5) is 0 Å². The van der Waals surface area contributed by atoms with Gasteiger partial charge in [-0.2, -0.15) is 0 Å². The quantitative estimate of drug-likeness (QED) is 0.267. The molecule has 0 bridgehead atoms. The van der Waals surface area contributed by atoms with Crippen molar-refractivity contribution in [1.82, 2.24) is 0 Å². The van der Waals surface area contributed by atoms with E-state index in [1.807, 2.05) is 0 Å². The Morgan fingerprint density at radius 3 is 1.32 bits per heavy atom. The van der Waals surface area contributed by atoms with Crippen molar-refractivity contribution in [2.75, 3.05) is 0 Å². The van der Waals surface area contributed by atoms with Gasteiger partial charge in [0.25, 0.3) is 0 Å². The van der Waals surface area contributed by atoms with Crippen molar-refractivity contribution in [2.24, 2.45) is 22.9 Å². The highest BCUT2D eigenvalue weighted by Gasteiger charge is 2.27. The number of carbonyl (C=O) groups is 6. The minimum absolute atomic E-state index is 0.414. The van der Waals surface area contributed by atoms with Crippen molar-refractivity contribution in [3.8, 4) is 0 Å². The summed E-state index contributed by atoms with van der Waals surface area (Å²) in [4.78, 5) is 69.2. The van der Waals surface area contributed by atoms with Crippen LogP contribution < -0.4 is 22.9 Å². The molecule has 0 saturated carbocycles. The lowest BCUT2D eigenvalue weighted by atomic mass is 10.1. The topological polar surface area (TPSA) is 225 Å². The molecule has 2 amide bonds. The lowest BCUT2D eigenvalue weighted by Gasteiger charge is -2.12. The van der Waals surface area contributed by atoms with Gasteiger partial charge in [0.15, 0.2) is 0 Å². The predicted octanol–water partition coefficient (Wildman–Crippen LogP) is -2.54. The maximum Gasteiger partial charge on any atom is 0.346 e. The number of carbonyl (C=O) groups excluding carboxylic acids is 6. The number of primary amides is 2. The van der Waals surface area contributed by atoms with E-state index in [0.717, 1.165) is 12.1 Å². The van der Waals surface area contributed by atoms with Gasteiger partial charge in [0.05, 0.1) is 24.0 Å². The molecular weight excluding hydrogens is 376 g/mol. The Balaban J connectivity index is 2.91. The van der Waals surface area contributed by atoms with E-state index in [4.69, 9.17) is 22.9 Å². The summed E-state index contributed by atoms with van der Waals surface area (Å²) < 4.78 is 9.01. The molecule has 1 aromatic carbocycles. The van der Waals surface area contributed by atoms with Crippen molar-refractivity contribution in [2.45, 2.75) is 24.9 Å². The highest BCUT2D eigenvalue weighted by molar-refractivity contribution is 6.08. The molecule has 1 rings (SSSR count). The molecule has 2 atom stereocenters. The van der Waals surface area contributed by atoms with E-state index in [1.165, 1.54) is 12.1 Å². The fourth-order valence-electron chi connectivity index (χ4n) is 1.88. The van der Waals surface area contributed by atoms with Gasteiger partial charge >= 0.3 is 23.9 Å². The Morgan fingerprint density at radius 2 is 1.04 bits per heavy atom. The van der Waals surface area contributed by atoms with E-state index in [0.29, 0.717) is 0 Å². The number of rotatable bonds is 8. The second-order valence-electron chi connectivity index (χ2n) is 5.52. The first kappa shape index (κ1) is 22.4. The van der Waals surface area contributed by atoms with Gasteiger partial charge in [-0.3, -0.25) is 9.59 Å². The summed E-state index contributed by atoms with van der Waals surface area (Å²) in [7, 11) is 0. The molecule has 0 spiro atoms. The summed E-state index contributed by atoms with van der Waals surface area (Å²) in [6.45, 7) is 0. The molecule has 8 N–H and O–H groups in total. The molecule has 0 aliphatic rings. The Hall–Kier alpha value is -3.64. The smallest absolute Gasteiger partial charge is 0.346 e. The van der Waals surface area contributed by atoms with Crippen molar-refractivity contribution < 1.29 is 38.2 Å². The number of esters is 4. The minimum atomic E-state index is -1.48. The van der Waals surface area contributed by atoms with Gasteiger partial charge in [-0.25, -0.2) is 19.2 Å². The summed E-state index contributed by atoms with van der Waals surface area (Å²) in [5.41, 5.74) is 19.7. The second kappa shape index (κ2) is 9.89. The molecule has 12 nitrogen and oxygen atoms in total. The highest BCUT2D eigenvalue weighted by atomic mass is 16.6. The van der Waals surface area contributed by atoms with Crippen molar-refractivity contribution in [3.05, 3.63) is 35.4 Å². The van der Waals surface area contributed by atoms with Crippen LogP contribution in [0.1, 0.15) is 33.6 Å². The third-order valence-corrected chi connectivity index (χ3v) is 3.20. The van der Waals surface area contributed by atoms with Crippen LogP contribution >= 0.6 is 0 Å². The van der Waals surface area contributed by atoms with Gasteiger partial charge < -0.3 is 32.4 Å². The van der Waals surface area contributed by atoms with Crippen molar-refractivity contribution in [3.63, 3.8) is 0 Å². The fraction of sp³-hybridized carbons (Fsp3) is 0.250. The number of amides is 2. The summed E-state index contributed by atoms with van der Waals surface area (Å²) in [6.07, 6.45) is -1.11. The standard InChI is InChI=1S/C16H18N4O8/c17-9(5-11(19)21)15(25)27-13(23)7-3-1-2-4-8(7)14(24)28-16(26)10(18)6-12(20)22/h1-4,9-10H,5-6,17-18H2,(H2,19,21)(H2,20,22)/t9-,10-/m0/s1. The normalized spacial score (nSPS) is 12.4. The van der Waals surface area contributed by atoms with Gasteiger partial charge in [0.1, 0.15) is 12.1 Å². The number of nitrogens with two attached hydrogens (primary N) is 4. The lowest BCUT2D eigenvalue weighted by molar-refractivity contribution is -0.141. The van der Waals surface area contributed by atoms with Crippen LogP contribution in [0.25, 0.3) is 0 Å². The van der Waals surface area contributed by atoms with Crippen LogP contribution in [0.3, 0.4) is 0 Å². The molecule has 12 heteroatoms. The average molecular weight is 394 g/mol. The van der Waals surface area contributed by atoms with E-state index < -0.39 is 71.7 Å². The Morgan fingerprint density at radius 1 is 0.714 bits per heavy atom. The minimum Gasteiger partial charge on any atom is -0.388 e. The van der Waals surface area contributed by atoms with E-state index >= 15 is 0 Å². The van der Waals surface area contributed by atoms with Crippen LogP contribution in [0.15, 0.2) is 24.3 Å². The molecule has 0 saturated heterocycles. The third-order valence-electron chi connectivity index (χ3n) is 3.20. The van der Waals surface area contributed by atoms with Crippen LogP contribution in [0.2, 0.25) is 0 Å². The molecule has 0 heterocycles. The summed E-state index contributed by atoms with van der Waals surface area (Å²) >= 11 is 0. The first-order valence-corrected chi connectivity index (χ1v) is 7.71. The molecule has 1 aromatic rings. The third kappa shape index (κ3) is 6.59. The molecule has 0 fully saturated rings. The van der Waals surface area contributed by atoms with Crippen LogP contribution in [-0.4, -0.2) is 47.8 Å². The van der Waals surface area contributed by atoms with E-state index in [2.05, 4.69) is 9.47 Å². The predicted molar refractivity (Wildman–Crippen MR) is 90.9 cm³/mol. The number of ether oxygens (including phenoxy) is 2. The first-order chi connectivity index (χ1) is 13.0. The van der Waals surface area contributed by atoms with E-state index in [9.17, 15) is 28.8 Å². The molecular formula is C16H18N4O8. The maximum atomic E-state index is 12.1. The molecule has 0 aromatic heterocycles. The summed E-state index contributed by atoms with van der Waals surface area (Å²) in [5, 5.41) is 0. The Labute approximate surface area is 158 Å². The van der Waals surface area contributed by atoms with Gasteiger partial charge in [-0.05, 0) is 12.1 Å². The average Bonchev–Trinajstić information content (AvgIpc) is 2.60. The second-order valence-corrected chi connectivity index (χ2v) is 5.52. The maximum absolute atomic E-state index is 12.1. The van der Waals surface area contributed by atoms with Crippen molar-refractivity contribution in [1.29, 1.82) is 0 Å². The molecule has 0 radical (unpaired) electrons. The van der Waals surface area contributed by atoms with Gasteiger partial charge in [-0.15, -0.1) is 0 Å². The molecule has 150 valence electrons. The Bertz CT molecular complexity index is 756. The summed E-state index contributed by atoms with van der Waals surface area (Å²) in [5.74, 6) is -6.80. The molecule has 28 heavy (non-hydrogen) atoms. The van der Waals surface area contributed by atoms with Crippen LogP contribution in [0.5, 0.6) is 0 Å². The zero-order valence-corrected chi connectivity index (χ0v) is 14.5. The monoisotopic (exact) mass is 394 g/mol. The molecule has 0 unspecified atom stereocenters. The SMILES string of the molecule is NC(=O)C[C@H](N)C(=O)OC(=O)c1ccccc1C(=O)OC(=O)[C@@H](N)CC(N)=O. The van der Waals surface area contributed by atoms with E-state index in [-0.39, 0.29) is 0 Å². The Kier molecular flexibility index (Phi) is 7.91. The van der Waals surface area contributed by atoms with E-state index in [1.54, 1.807) is 0 Å². The largest absolute Gasteiger partial charge is 0.388 e. The zero-order chi connectivity index (χ0) is 21.4. The summed E-state index contributed by atoms with van der Waals surface area (Å²) in [6, 6.07) is 1.99. The van der Waals surface area contributed by atoms with Crippen molar-refractivity contribution >= 4 is 35.7 Å². The van der Waals surface area contributed by atoms with Gasteiger partial charge in [0.2, 0.25) is 11.8 Å². The number of benzene rings is 1. The van der Waals surface area contributed by atoms with Crippen LogP contribution in [-0.2, 0) is 28.7 Å². The lowest BCUT2D eigenvalue weighted by Crippen LogP contribution is -2.38.